The monoisotopic (exact) mass is 346 g/mol. The Kier molecular flexibility index (Phi) is 4.54. The summed E-state index contributed by atoms with van der Waals surface area (Å²) in [5, 5.41) is 7.99. The van der Waals surface area contributed by atoms with Crippen molar-refractivity contribution in [1.82, 2.24) is 19.9 Å². The minimum atomic E-state index is -4.26. The van der Waals surface area contributed by atoms with Crippen molar-refractivity contribution in [2.75, 3.05) is 19.7 Å². The Balaban J connectivity index is 1.62. The smallest absolute Gasteiger partial charge is 0.369 e. The van der Waals surface area contributed by atoms with E-state index in [1.807, 2.05) is 6.92 Å². The van der Waals surface area contributed by atoms with Crippen molar-refractivity contribution in [3.05, 3.63) is 11.9 Å². The molecular formula is C15H21F3N4O2. The quantitative estimate of drug-likeness (QED) is 0.841. The molecule has 2 fully saturated rings. The molecule has 0 aromatic carbocycles. The first-order valence-corrected chi connectivity index (χ1v) is 8.17. The number of amides is 1. The second-order valence-electron chi connectivity index (χ2n) is 6.70. The van der Waals surface area contributed by atoms with Crippen LogP contribution < -0.4 is 0 Å². The summed E-state index contributed by atoms with van der Waals surface area (Å²) < 4.78 is 45.6. The van der Waals surface area contributed by atoms with Crippen LogP contribution in [-0.2, 0) is 21.7 Å². The Hall–Kier alpha value is -1.64. The molecule has 2 aliphatic heterocycles. The Labute approximate surface area is 137 Å². The maximum atomic E-state index is 12.8. The lowest BCUT2D eigenvalue weighted by molar-refractivity contribution is -0.188. The second-order valence-corrected chi connectivity index (χ2v) is 6.70. The molecule has 134 valence electrons. The van der Waals surface area contributed by atoms with E-state index in [4.69, 9.17) is 4.74 Å². The molecule has 3 rings (SSSR count). The Morgan fingerprint density at radius 3 is 2.92 bits per heavy atom. The largest absolute Gasteiger partial charge is 0.393 e. The summed E-state index contributed by atoms with van der Waals surface area (Å²) in [7, 11) is 0. The highest BCUT2D eigenvalue weighted by Gasteiger charge is 2.42. The molecule has 3 heterocycles. The number of piperidine rings is 1. The fourth-order valence-electron chi connectivity index (χ4n) is 3.31. The van der Waals surface area contributed by atoms with E-state index in [9.17, 15) is 18.0 Å². The molecule has 24 heavy (non-hydrogen) atoms. The predicted octanol–water partition coefficient (Wildman–Crippen LogP) is 2.10. The number of hydrogen-bond donors (Lipinski definition) is 0. The number of alkyl halides is 3. The van der Waals surface area contributed by atoms with Crippen molar-refractivity contribution in [1.29, 1.82) is 0 Å². The maximum Gasteiger partial charge on any atom is 0.393 e. The van der Waals surface area contributed by atoms with Crippen LogP contribution in [0, 0.1) is 5.92 Å². The number of carbonyl (C=O) groups is 1. The van der Waals surface area contributed by atoms with Crippen molar-refractivity contribution < 1.29 is 22.7 Å². The highest BCUT2D eigenvalue weighted by atomic mass is 19.4. The normalized spacial score (nSPS) is 28.3. The SMILES string of the molecule is CC1(c2cn(CC(=O)N3CCCC(C(F)(F)F)C3)nn2)CCCO1. The van der Waals surface area contributed by atoms with Crippen LogP contribution in [0.3, 0.4) is 0 Å². The van der Waals surface area contributed by atoms with E-state index >= 15 is 0 Å². The second kappa shape index (κ2) is 6.34. The number of likely N-dealkylation sites (tertiary alicyclic amines) is 1. The van der Waals surface area contributed by atoms with Gasteiger partial charge in [0.1, 0.15) is 17.8 Å². The Morgan fingerprint density at radius 2 is 2.25 bits per heavy atom. The molecule has 2 atom stereocenters. The molecule has 0 spiro atoms. The average Bonchev–Trinajstić information content (AvgIpc) is 3.17. The number of hydrogen-bond acceptors (Lipinski definition) is 4. The fraction of sp³-hybridized carbons (Fsp3) is 0.800. The topological polar surface area (TPSA) is 60.2 Å². The molecule has 2 unspecified atom stereocenters. The summed E-state index contributed by atoms with van der Waals surface area (Å²) in [6.45, 7) is 2.57. The Morgan fingerprint density at radius 1 is 1.46 bits per heavy atom. The zero-order valence-corrected chi connectivity index (χ0v) is 13.6. The first kappa shape index (κ1) is 17.2. The molecule has 6 nitrogen and oxygen atoms in total. The van der Waals surface area contributed by atoms with Gasteiger partial charge in [-0.15, -0.1) is 5.10 Å². The third-order valence-corrected chi connectivity index (χ3v) is 4.83. The molecule has 0 saturated carbocycles. The highest BCUT2D eigenvalue weighted by Crippen LogP contribution is 2.34. The van der Waals surface area contributed by atoms with Gasteiger partial charge >= 0.3 is 6.18 Å². The van der Waals surface area contributed by atoms with Crippen LogP contribution in [-0.4, -0.2) is 51.7 Å². The van der Waals surface area contributed by atoms with E-state index in [2.05, 4.69) is 10.3 Å². The van der Waals surface area contributed by atoms with E-state index in [1.165, 1.54) is 9.58 Å². The molecule has 2 saturated heterocycles. The summed E-state index contributed by atoms with van der Waals surface area (Å²) in [6, 6.07) is 0. The van der Waals surface area contributed by atoms with Gasteiger partial charge in [0, 0.05) is 19.7 Å². The van der Waals surface area contributed by atoms with Crippen LogP contribution in [0.25, 0.3) is 0 Å². The maximum absolute atomic E-state index is 12.8. The lowest BCUT2D eigenvalue weighted by Crippen LogP contribution is -2.45. The van der Waals surface area contributed by atoms with Gasteiger partial charge in [-0.25, -0.2) is 4.68 Å². The molecular weight excluding hydrogens is 325 g/mol. The molecule has 0 bridgehead atoms. The summed E-state index contributed by atoms with van der Waals surface area (Å²) in [4.78, 5) is 13.6. The third kappa shape index (κ3) is 3.55. The summed E-state index contributed by atoms with van der Waals surface area (Å²) >= 11 is 0. The van der Waals surface area contributed by atoms with Gasteiger partial charge in [0.05, 0.1) is 12.1 Å². The number of aromatic nitrogens is 3. The van der Waals surface area contributed by atoms with Crippen molar-refractivity contribution in [2.24, 2.45) is 5.92 Å². The van der Waals surface area contributed by atoms with E-state index in [0.717, 1.165) is 12.8 Å². The molecule has 1 aromatic heterocycles. The van der Waals surface area contributed by atoms with E-state index < -0.39 is 17.7 Å². The van der Waals surface area contributed by atoms with Crippen LogP contribution in [0.1, 0.15) is 38.3 Å². The first-order valence-electron chi connectivity index (χ1n) is 8.17. The molecule has 0 N–H and O–H groups in total. The summed E-state index contributed by atoms with van der Waals surface area (Å²) in [5.41, 5.74) is 0.160. The minimum Gasteiger partial charge on any atom is -0.369 e. The van der Waals surface area contributed by atoms with Crippen molar-refractivity contribution in [3.63, 3.8) is 0 Å². The number of rotatable bonds is 3. The number of nitrogens with zero attached hydrogens (tertiary/aromatic N) is 4. The zero-order valence-electron chi connectivity index (χ0n) is 13.6. The zero-order chi connectivity index (χ0) is 17.4. The van der Waals surface area contributed by atoms with Crippen LogP contribution >= 0.6 is 0 Å². The number of halogens is 3. The number of carbonyl (C=O) groups excluding carboxylic acids is 1. The predicted molar refractivity (Wildman–Crippen MR) is 77.9 cm³/mol. The van der Waals surface area contributed by atoms with Gasteiger partial charge in [0.25, 0.3) is 0 Å². The van der Waals surface area contributed by atoms with Crippen LogP contribution in [0.2, 0.25) is 0 Å². The van der Waals surface area contributed by atoms with Gasteiger partial charge in [-0.05, 0) is 32.6 Å². The van der Waals surface area contributed by atoms with Gasteiger partial charge < -0.3 is 9.64 Å². The fourth-order valence-corrected chi connectivity index (χ4v) is 3.31. The van der Waals surface area contributed by atoms with Crippen LogP contribution in [0.4, 0.5) is 13.2 Å². The molecule has 1 amide bonds. The van der Waals surface area contributed by atoms with E-state index in [1.54, 1.807) is 6.20 Å². The van der Waals surface area contributed by atoms with Gasteiger partial charge in [0.15, 0.2) is 0 Å². The summed E-state index contributed by atoms with van der Waals surface area (Å²) in [5.74, 6) is -1.80. The van der Waals surface area contributed by atoms with Gasteiger partial charge in [0.2, 0.25) is 5.91 Å². The van der Waals surface area contributed by atoms with Crippen molar-refractivity contribution >= 4 is 5.91 Å². The Bertz CT molecular complexity index is 596. The molecule has 0 aliphatic carbocycles. The first-order chi connectivity index (χ1) is 11.3. The van der Waals surface area contributed by atoms with E-state index in [-0.39, 0.29) is 25.4 Å². The number of ether oxygens (including phenoxy) is 1. The third-order valence-electron chi connectivity index (χ3n) is 4.83. The van der Waals surface area contributed by atoms with Crippen molar-refractivity contribution in [3.8, 4) is 0 Å². The lowest BCUT2D eigenvalue weighted by atomic mass is 9.97. The standard InChI is InChI=1S/C15H21F3N4O2/c1-14(5-3-7-24-14)12-9-22(20-19-12)10-13(23)21-6-2-4-11(8-21)15(16,17)18/h9,11H,2-8,10H2,1H3. The summed E-state index contributed by atoms with van der Waals surface area (Å²) in [6.07, 6.45) is -0.392. The lowest BCUT2D eigenvalue weighted by Gasteiger charge is -2.33. The molecule has 2 aliphatic rings. The van der Waals surface area contributed by atoms with Gasteiger partial charge in [-0.1, -0.05) is 5.21 Å². The minimum absolute atomic E-state index is 0.0798. The van der Waals surface area contributed by atoms with Crippen molar-refractivity contribution in [2.45, 2.75) is 50.9 Å². The molecule has 9 heteroatoms. The van der Waals surface area contributed by atoms with Crippen LogP contribution in [0.5, 0.6) is 0 Å². The van der Waals surface area contributed by atoms with Crippen LogP contribution in [0.15, 0.2) is 6.20 Å². The van der Waals surface area contributed by atoms with Gasteiger partial charge in [-0.2, -0.15) is 13.2 Å². The van der Waals surface area contributed by atoms with Gasteiger partial charge in [-0.3, -0.25) is 4.79 Å². The average molecular weight is 346 g/mol. The molecule has 1 aromatic rings. The highest BCUT2D eigenvalue weighted by molar-refractivity contribution is 5.76. The molecule has 0 radical (unpaired) electrons. The van der Waals surface area contributed by atoms with E-state index in [0.29, 0.717) is 25.3 Å².